The normalized spacial score (nSPS) is 17.0. The van der Waals surface area contributed by atoms with Gasteiger partial charge in [-0.1, -0.05) is 18.2 Å². The van der Waals surface area contributed by atoms with E-state index in [0.29, 0.717) is 13.1 Å². The van der Waals surface area contributed by atoms with Crippen LogP contribution in [0.4, 0.5) is 0 Å². The van der Waals surface area contributed by atoms with Crippen molar-refractivity contribution in [3.8, 4) is 5.75 Å². The third-order valence-corrected chi connectivity index (χ3v) is 4.91. The summed E-state index contributed by atoms with van der Waals surface area (Å²) in [5, 5.41) is 6.25. The van der Waals surface area contributed by atoms with Crippen LogP contribution in [0.15, 0.2) is 48.8 Å². The second-order valence-electron chi connectivity index (χ2n) is 6.82. The highest BCUT2D eigenvalue weighted by atomic mass is 35.5. The van der Waals surface area contributed by atoms with E-state index in [1.165, 1.54) is 6.92 Å². The van der Waals surface area contributed by atoms with E-state index in [0.717, 1.165) is 23.4 Å². The molecule has 2 heterocycles. The maximum Gasteiger partial charge on any atom is 0.225 e. The molecule has 2 aromatic rings. The molecule has 1 aromatic heterocycles. The van der Waals surface area contributed by atoms with Crippen molar-refractivity contribution in [1.82, 2.24) is 20.5 Å². The predicted octanol–water partition coefficient (Wildman–Crippen LogP) is 2.25. The van der Waals surface area contributed by atoms with Crippen LogP contribution in [0, 0.1) is 0 Å². The average molecular weight is 419 g/mol. The zero-order valence-electron chi connectivity index (χ0n) is 16.6. The van der Waals surface area contributed by atoms with Gasteiger partial charge in [0.05, 0.1) is 25.6 Å². The van der Waals surface area contributed by atoms with Crippen molar-refractivity contribution in [2.45, 2.75) is 25.4 Å². The minimum absolute atomic E-state index is 0. The van der Waals surface area contributed by atoms with E-state index in [9.17, 15) is 9.59 Å². The first-order valence-electron chi connectivity index (χ1n) is 9.39. The van der Waals surface area contributed by atoms with Crippen molar-refractivity contribution < 1.29 is 14.3 Å². The highest BCUT2D eigenvalue weighted by Gasteiger charge is 2.30. The summed E-state index contributed by atoms with van der Waals surface area (Å²) >= 11 is 0. The summed E-state index contributed by atoms with van der Waals surface area (Å²) in [6.07, 6.45) is 3.72. The maximum atomic E-state index is 13.2. The Morgan fingerprint density at radius 1 is 1.31 bits per heavy atom. The average Bonchev–Trinajstić information content (AvgIpc) is 2.73. The van der Waals surface area contributed by atoms with Gasteiger partial charge in [0.15, 0.2) is 0 Å². The summed E-state index contributed by atoms with van der Waals surface area (Å²) in [5.41, 5.74) is 1.88. The lowest BCUT2D eigenvalue weighted by atomic mass is 10.00. The topological polar surface area (TPSA) is 83.6 Å². The van der Waals surface area contributed by atoms with Gasteiger partial charge in [-0.2, -0.15) is 0 Å². The van der Waals surface area contributed by atoms with Gasteiger partial charge in [0.1, 0.15) is 5.75 Å². The second-order valence-corrected chi connectivity index (χ2v) is 6.82. The fraction of sp³-hybridized carbons (Fsp3) is 0.381. The number of benzene rings is 1. The molecule has 2 N–H and O–H groups in total. The lowest BCUT2D eigenvalue weighted by Gasteiger charge is -2.37. The molecule has 1 fully saturated rings. The summed E-state index contributed by atoms with van der Waals surface area (Å²) in [5.74, 6) is 0.568. The largest absolute Gasteiger partial charge is 0.497 e. The number of ether oxygens (including phenoxy) is 1. The molecule has 156 valence electrons. The quantitative estimate of drug-likeness (QED) is 0.751. The van der Waals surface area contributed by atoms with Gasteiger partial charge in [0.2, 0.25) is 11.8 Å². The first kappa shape index (κ1) is 22.6. The van der Waals surface area contributed by atoms with Gasteiger partial charge in [-0.05, 0) is 29.3 Å². The number of hydrogen-bond donors (Lipinski definition) is 2. The number of nitrogens with zero attached hydrogens (tertiary/aromatic N) is 2. The Hall–Kier alpha value is -2.64. The summed E-state index contributed by atoms with van der Waals surface area (Å²) in [4.78, 5) is 31.0. The third kappa shape index (κ3) is 5.92. The molecule has 0 radical (unpaired) electrons. The van der Waals surface area contributed by atoms with Crippen molar-refractivity contribution in [2.75, 3.05) is 26.7 Å². The van der Waals surface area contributed by atoms with Crippen LogP contribution in [0.1, 0.15) is 36.6 Å². The van der Waals surface area contributed by atoms with E-state index < -0.39 is 0 Å². The van der Waals surface area contributed by atoms with Crippen molar-refractivity contribution >= 4 is 24.2 Å². The molecule has 1 aromatic carbocycles. The molecular weight excluding hydrogens is 392 g/mol. The Morgan fingerprint density at radius 3 is 2.69 bits per heavy atom. The molecule has 3 rings (SSSR count). The molecule has 8 heteroatoms. The Kier molecular flexibility index (Phi) is 8.42. The molecule has 1 saturated heterocycles. The molecule has 7 nitrogen and oxygen atoms in total. The van der Waals surface area contributed by atoms with Gasteiger partial charge in [0, 0.05) is 39.0 Å². The van der Waals surface area contributed by atoms with Crippen molar-refractivity contribution in [3.63, 3.8) is 0 Å². The molecule has 0 bridgehead atoms. The summed E-state index contributed by atoms with van der Waals surface area (Å²) in [6, 6.07) is 10.8. The number of pyridine rings is 1. The molecule has 1 aliphatic rings. The van der Waals surface area contributed by atoms with E-state index in [2.05, 4.69) is 15.6 Å². The van der Waals surface area contributed by atoms with Gasteiger partial charge >= 0.3 is 0 Å². The molecule has 0 aliphatic carbocycles. The van der Waals surface area contributed by atoms with Crippen LogP contribution in [-0.2, 0) is 9.59 Å². The number of carbonyl (C=O) groups is 2. The van der Waals surface area contributed by atoms with E-state index >= 15 is 0 Å². The maximum absolute atomic E-state index is 13.2. The number of nitrogens with one attached hydrogen (secondary N) is 2. The van der Waals surface area contributed by atoms with Gasteiger partial charge in [0.25, 0.3) is 0 Å². The zero-order chi connectivity index (χ0) is 19.9. The van der Waals surface area contributed by atoms with Crippen molar-refractivity contribution in [2.24, 2.45) is 0 Å². The van der Waals surface area contributed by atoms with Crippen LogP contribution in [0.3, 0.4) is 0 Å². The first-order valence-corrected chi connectivity index (χ1v) is 9.39. The number of hydrogen-bond acceptors (Lipinski definition) is 5. The van der Waals surface area contributed by atoms with E-state index in [4.69, 9.17) is 4.74 Å². The van der Waals surface area contributed by atoms with Crippen LogP contribution in [-0.4, -0.2) is 48.4 Å². The molecular formula is C21H27ClN4O3. The number of carbonyl (C=O) groups excluding carboxylic acids is 2. The summed E-state index contributed by atoms with van der Waals surface area (Å²) in [7, 11) is 1.60. The fourth-order valence-electron chi connectivity index (χ4n) is 3.50. The Labute approximate surface area is 177 Å². The van der Waals surface area contributed by atoms with Crippen molar-refractivity contribution in [1.29, 1.82) is 0 Å². The Bertz CT molecular complexity index is 801. The van der Waals surface area contributed by atoms with Crippen LogP contribution in [0.5, 0.6) is 5.75 Å². The lowest BCUT2D eigenvalue weighted by Crippen LogP contribution is -2.49. The van der Waals surface area contributed by atoms with Crippen LogP contribution in [0.2, 0.25) is 0 Å². The minimum Gasteiger partial charge on any atom is -0.497 e. The fourth-order valence-corrected chi connectivity index (χ4v) is 3.50. The Balaban J connectivity index is 0.00000300. The molecule has 29 heavy (non-hydrogen) atoms. The van der Waals surface area contributed by atoms with E-state index in [1.807, 2.05) is 41.3 Å². The minimum atomic E-state index is -0.389. The summed E-state index contributed by atoms with van der Waals surface area (Å²) < 4.78 is 5.19. The second kappa shape index (κ2) is 10.8. The number of aromatic nitrogens is 1. The highest BCUT2D eigenvalue weighted by Crippen LogP contribution is 2.26. The first-order chi connectivity index (χ1) is 13.6. The molecule has 2 unspecified atom stereocenters. The zero-order valence-corrected chi connectivity index (χ0v) is 17.4. The van der Waals surface area contributed by atoms with Gasteiger partial charge in [-0.25, -0.2) is 0 Å². The standard InChI is InChI=1S/C21H26N4O3.ClH/c1-15(26)24-19(16-5-7-18(28-2)8-6-16)12-21(27)25-11-10-23-14-20(25)17-4-3-9-22-13-17;/h3-9,13,19-20,23H,10-12,14H2,1-2H3,(H,24,26);1H. The van der Waals surface area contributed by atoms with E-state index in [-0.39, 0.29) is 42.7 Å². The van der Waals surface area contributed by atoms with Gasteiger partial charge < -0.3 is 20.3 Å². The molecule has 1 aliphatic heterocycles. The van der Waals surface area contributed by atoms with Crippen LogP contribution in [0.25, 0.3) is 0 Å². The van der Waals surface area contributed by atoms with Gasteiger partial charge in [-0.3, -0.25) is 14.6 Å². The monoisotopic (exact) mass is 418 g/mol. The number of halogens is 1. The smallest absolute Gasteiger partial charge is 0.225 e. The number of amides is 2. The number of piperazine rings is 1. The Morgan fingerprint density at radius 2 is 2.07 bits per heavy atom. The van der Waals surface area contributed by atoms with Crippen molar-refractivity contribution in [3.05, 3.63) is 59.9 Å². The predicted molar refractivity (Wildman–Crippen MR) is 113 cm³/mol. The van der Waals surface area contributed by atoms with Gasteiger partial charge in [-0.15, -0.1) is 12.4 Å². The SMILES string of the molecule is COc1ccc(C(CC(=O)N2CCNCC2c2cccnc2)NC(C)=O)cc1.Cl. The van der Waals surface area contributed by atoms with E-state index in [1.54, 1.807) is 19.5 Å². The van der Waals surface area contributed by atoms with Crippen LogP contribution < -0.4 is 15.4 Å². The molecule has 2 atom stereocenters. The molecule has 2 amide bonds. The summed E-state index contributed by atoms with van der Waals surface area (Å²) in [6.45, 7) is 3.51. The number of rotatable bonds is 6. The van der Waals surface area contributed by atoms with Crippen LogP contribution >= 0.6 is 12.4 Å². The number of methoxy groups -OCH3 is 1. The lowest BCUT2D eigenvalue weighted by molar-refractivity contribution is -0.135. The molecule has 0 saturated carbocycles. The third-order valence-electron chi connectivity index (χ3n) is 4.91. The molecule has 0 spiro atoms. The highest BCUT2D eigenvalue weighted by molar-refractivity contribution is 5.85.